The van der Waals surface area contributed by atoms with Crippen molar-refractivity contribution in [3.05, 3.63) is 42.0 Å². The van der Waals surface area contributed by atoms with Crippen molar-refractivity contribution in [1.82, 2.24) is 0 Å². The average molecular weight is 232 g/mol. The summed E-state index contributed by atoms with van der Waals surface area (Å²) in [5, 5.41) is 0. The Hall–Kier alpha value is -1.77. The SMILES string of the molecule is CCOC(=O)C=CC1CCc2ccccc2O1. The molecule has 0 N–H and O–H groups in total. The molecular weight excluding hydrogens is 216 g/mol. The summed E-state index contributed by atoms with van der Waals surface area (Å²) >= 11 is 0. The van der Waals surface area contributed by atoms with E-state index in [0.717, 1.165) is 18.6 Å². The van der Waals surface area contributed by atoms with Gasteiger partial charge in [0.15, 0.2) is 0 Å². The lowest BCUT2D eigenvalue weighted by Crippen LogP contribution is -2.20. The zero-order chi connectivity index (χ0) is 12.1. The monoisotopic (exact) mass is 232 g/mol. The molecule has 1 aromatic rings. The summed E-state index contributed by atoms with van der Waals surface area (Å²) in [5.74, 6) is 0.604. The van der Waals surface area contributed by atoms with E-state index < -0.39 is 0 Å². The van der Waals surface area contributed by atoms with Gasteiger partial charge in [-0.1, -0.05) is 18.2 Å². The highest BCUT2D eigenvalue weighted by atomic mass is 16.5. The largest absolute Gasteiger partial charge is 0.486 e. The van der Waals surface area contributed by atoms with Crippen LogP contribution in [0, 0.1) is 0 Å². The Kier molecular flexibility index (Phi) is 3.81. The van der Waals surface area contributed by atoms with E-state index in [1.807, 2.05) is 18.2 Å². The quantitative estimate of drug-likeness (QED) is 0.593. The highest BCUT2D eigenvalue weighted by Gasteiger charge is 2.16. The van der Waals surface area contributed by atoms with Gasteiger partial charge in [-0.2, -0.15) is 0 Å². The molecule has 90 valence electrons. The molecule has 0 aromatic heterocycles. The van der Waals surface area contributed by atoms with Crippen LogP contribution in [0.2, 0.25) is 0 Å². The molecule has 2 rings (SSSR count). The minimum absolute atomic E-state index is 0.0330. The molecule has 1 aliphatic heterocycles. The molecule has 0 radical (unpaired) electrons. The first-order valence-corrected chi connectivity index (χ1v) is 5.89. The molecule has 0 saturated carbocycles. The second-order valence-corrected chi connectivity index (χ2v) is 3.91. The van der Waals surface area contributed by atoms with Gasteiger partial charge in [0, 0.05) is 6.08 Å². The summed E-state index contributed by atoms with van der Waals surface area (Å²) < 4.78 is 10.6. The van der Waals surface area contributed by atoms with Crippen LogP contribution in [-0.2, 0) is 16.0 Å². The molecule has 1 unspecified atom stereocenters. The van der Waals surface area contributed by atoms with E-state index in [9.17, 15) is 4.79 Å². The number of aryl methyl sites for hydroxylation is 1. The van der Waals surface area contributed by atoms with Crippen LogP contribution >= 0.6 is 0 Å². The van der Waals surface area contributed by atoms with Gasteiger partial charge in [0.05, 0.1) is 6.61 Å². The minimum atomic E-state index is -0.310. The van der Waals surface area contributed by atoms with Crippen LogP contribution in [0.1, 0.15) is 18.9 Å². The summed E-state index contributed by atoms with van der Waals surface area (Å²) in [5.41, 5.74) is 1.23. The molecule has 0 fully saturated rings. The topological polar surface area (TPSA) is 35.5 Å². The number of ether oxygens (including phenoxy) is 2. The first-order chi connectivity index (χ1) is 8.29. The van der Waals surface area contributed by atoms with E-state index in [2.05, 4.69) is 6.07 Å². The maximum Gasteiger partial charge on any atom is 0.330 e. The predicted octanol–water partition coefficient (Wildman–Crippen LogP) is 2.50. The predicted molar refractivity (Wildman–Crippen MR) is 65.0 cm³/mol. The third kappa shape index (κ3) is 3.09. The zero-order valence-electron chi connectivity index (χ0n) is 9.89. The zero-order valence-corrected chi connectivity index (χ0v) is 9.89. The van der Waals surface area contributed by atoms with Gasteiger partial charge in [-0.25, -0.2) is 4.79 Å². The third-order valence-corrected chi connectivity index (χ3v) is 2.68. The van der Waals surface area contributed by atoms with Gasteiger partial charge >= 0.3 is 5.97 Å². The molecule has 3 nitrogen and oxygen atoms in total. The molecule has 1 heterocycles. The summed E-state index contributed by atoms with van der Waals surface area (Å²) in [7, 11) is 0. The number of esters is 1. The fraction of sp³-hybridized carbons (Fsp3) is 0.357. The molecular formula is C14H16O3. The Morgan fingerprint density at radius 1 is 1.53 bits per heavy atom. The molecule has 0 amide bonds. The maximum absolute atomic E-state index is 11.2. The van der Waals surface area contributed by atoms with E-state index in [1.54, 1.807) is 13.0 Å². The van der Waals surface area contributed by atoms with Gasteiger partial charge in [-0.3, -0.25) is 0 Å². The first kappa shape index (κ1) is 11.7. The molecule has 0 aliphatic carbocycles. The van der Waals surface area contributed by atoms with E-state index in [-0.39, 0.29) is 12.1 Å². The molecule has 1 aromatic carbocycles. The standard InChI is InChI=1S/C14H16O3/c1-2-16-14(15)10-9-12-8-7-11-5-3-4-6-13(11)17-12/h3-6,9-10,12H,2,7-8H2,1H3. The molecule has 0 saturated heterocycles. The van der Waals surface area contributed by atoms with Gasteiger partial charge in [0.1, 0.15) is 11.9 Å². The van der Waals surface area contributed by atoms with Gasteiger partial charge in [0.2, 0.25) is 0 Å². The molecule has 0 bridgehead atoms. The number of fused-ring (bicyclic) bond motifs is 1. The van der Waals surface area contributed by atoms with E-state index in [4.69, 9.17) is 9.47 Å². The van der Waals surface area contributed by atoms with Crippen molar-refractivity contribution in [2.45, 2.75) is 25.9 Å². The van der Waals surface area contributed by atoms with Gasteiger partial charge in [0.25, 0.3) is 0 Å². The number of hydrogen-bond acceptors (Lipinski definition) is 3. The number of benzene rings is 1. The second-order valence-electron chi connectivity index (χ2n) is 3.91. The number of carbonyl (C=O) groups is 1. The second kappa shape index (κ2) is 5.53. The van der Waals surface area contributed by atoms with E-state index >= 15 is 0 Å². The Morgan fingerprint density at radius 3 is 3.18 bits per heavy atom. The van der Waals surface area contributed by atoms with Crippen molar-refractivity contribution in [3.8, 4) is 5.75 Å². The van der Waals surface area contributed by atoms with Crippen LogP contribution in [0.25, 0.3) is 0 Å². The lowest BCUT2D eigenvalue weighted by atomic mass is 10.0. The Morgan fingerprint density at radius 2 is 2.35 bits per heavy atom. The Balaban J connectivity index is 1.96. The van der Waals surface area contributed by atoms with Gasteiger partial charge < -0.3 is 9.47 Å². The highest BCUT2D eigenvalue weighted by molar-refractivity contribution is 5.81. The highest BCUT2D eigenvalue weighted by Crippen LogP contribution is 2.27. The van der Waals surface area contributed by atoms with Crippen molar-refractivity contribution >= 4 is 5.97 Å². The lowest BCUT2D eigenvalue weighted by molar-refractivity contribution is -0.137. The normalized spacial score (nSPS) is 18.5. The third-order valence-electron chi connectivity index (χ3n) is 2.68. The summed E-state index contributed by atoms with van der Waals surface area (Å²) in [6.45, 7) is 2.19. The number of para-hydroxylation sites is 1. The average Bonchev–Trinajstić information content (AvgIpc) is 2.36. The summed E-state index contributed by atoms with van der Waals surface area (Å²) in [6.07, 6.45) is 5.06. The molecule has 1 aliphatic rings. The van der Waals surface area contributed by atoms with Crippen LogP contribution in [0.15, 0.2) is 36.4 Å². The van der Waals surface area contributed by atoms with Crippen LogP contribution in [0.3, 0.4) is 0 Å². The van der Waals surface area contributed by atoms with Crippen molar-refractivity contribution in [3.63, 3.8) is 0 Å². The van der Waals surface area contributed by atoms with E-state index in [1.165, 1.54) is 11.6 Å². The molecule has 17 heavy (non-hydrogen) atoms. The summed E-state index contributed by atoms with van der Waals surface area (Å²) in [6, 6.07) is 7.99. The minimum Gasteiger partial charge on any atom is -0.486 e. The van der Waals surface area contributed by atoms with Crippen molar-refractivity contribution < 1.29 is 14.3 Å². The Bertz CT molecular complexity index is 423. The number of hydrogen-bond donors (Lipinski definition) is 0. The van der Waals surface area contributed by atoms with Crippen molar-refractivity contribution in [2.24, 2.45) is 0 Å². The fourth-order valence-electron chi connectivity index (χ4n) is 1.86. The van der Waals surface area contributed by atoms with Crippen molar-refractivity contribution in [1.29, 1.82) is 0 Å². The van der Waals surface area contributed by atoms with Crippen molar-refractivity contribution in [2.75, 3.05) is 6.61 Å². The Labute approximate surface area is 101 Å². The maximum atomic E-state index is 11.2. The molecule has 1 atom stereocenters. The molecule has 3 heteroatoms. The lowest BCUT2D eigenvalue weighted by Gasteiger charge is -2.23. The van der Waals surface area contributed by atoms with Crippen LogP contribution < -0.4 is 4.74 Å². The van der Waals surface area contributed by atoms with Gasteiger partial charge in [-0.15, -0.1) is 0 Å². The fourth-order valence-corrected chi connectivity index (χ4v) is 1.86. The summed E-state index contributed by atoms with van der Waals surface area (Å²) in [4.78, 5) is 11.2. The van der Waals surface area contributed by atoms with Crippen LogP contribution in [-0.4, -0.2) is 18.7 Å². The molecule has 0 spiro atoms. The number of rotatable bonds is 3. The van der Waals surface area contributed by atoms with Crippen LogP contribution in [0.4, 0.5) is 0 Å². The number of carbonyl (C=O) groups excluding carboxylic acids is 1. The van der Waals surface area contributed by atoms with Gasteiger partial charge in [-0.05, 0) is 37.5 Å². The van der Waals surface area contributed by atoms with Crippen LogP contribution in [0.5, 0.6) is 5.75 Å². The first-order valence-electron chi connectivity index (χ1n) is 5.89. The smallest absolute Gasteiger partial charge is 0.330 e. The van der Waals surface area contributed by atoms with E-state index in [0.29, 0.717) is 6.61 Å².